The van der Waals surface area contributed by atoms with Gasteiger partial charge in [-0.05, 0) is 43.2 Å². The standard InChI is InChI=1S/C14H16N2O3S2/c1-7(10-4-5-20-6-10)12(17)15-9(3)13-16-8(2)11(21-13)14(18)19/h4-7,9H,1-3H3,(H,15,17)(H,18,19). The van der Waals surface area contributed by atoms with Gasteiger partial charge in [0, 0.05) is 0 Å². The van der Waals surface area contributed by atoms with E-state index >= 15 is 0 Å². The van der Waals surface area contributed by atoms with Crippen LogP contribution in [0.3, 0.4) is 0 Å². The molecule has 0 saturated carbocycles. The second kappa shape index (κ2) is 6.36. The average molecular weight is 324 g/mol. The number of amides is 1. The zero-order chi connectivity index (χ0) is 15.6. The maximum absolute atomic E-state index is 12.2. The summed E-state index contributed by atoms with van der Waals surface area (Å²) in [6.07, 6.45) is 0. The van der Waals surface area contributed by atoms with E-state index in [0.717, 1.165) is 16.9 Å². The van der Waals surface area contributed by atoms with Crippen molar-refractivity contribution in [3.63, 3.8) is 0 Å². The summed E-state index contributed by atoms with van der Waals surface area (Å²) in [5.41, 5.74) is 1.46. The van der Waals surface area contributed by atoms with Gasteiger partial charge >= 0.3 is 5.97 Å². The van der Waals surface area contributed by atoms with Crippen LogP contribution in [0.4, 0.5) is 0 Å². The van der Waals surface area contributed by atoms with Gasteiger partial charge in [-0.3, -0.25) is 4.79 Å². The highest BCUT2D eigenvalue weighted by molar-refractivity contribution is 7.13. The van der Waals surface area contributed by atoms with Crippen LogP contribution in [0, 0.1) is 6.92 Å². The van der Waals surface area contributed by atoms with E-state index in [1.54, 1.807) is 18.3 Å². The third-order valence-corrected chi connectivity index (χ3v) is 5.20. The van der Waals surface area contributed by atoms with E-state index in [1.807, 2.05) is 30.7 Å². The lowest BCUT2D eigenvalue weighted by molar-refractivity contribution is -0.122. The van der Waals surface area contributed by atoms with Crippen LogP contribution < -0.4 is 5.32 Å². The summed E-state index contributed by atoms with van der Waals surface area (Å²) < 4.78 is 0. The topological polar surface area (TPSA) is 79.3 Å². The van der Waals surface area contributed by atoms with Crippen LogP contribution in [0.2, 0.25) is 0 Å². The molecule has 0 aliphatic rings. The van der Waals surface area contributed by atoms with Gasteiger partial charge in [0.05, 0.1) is 17.7 Å². The molecule has 5 nitrogen and oxygen atoms in total. The van der Waals surface area contributed by atoms with Gasteiger partial charge in [0.25, 0.3) is 0 Å². The molecule has 1 amide bonds. The Labute approximate surface area is 130 Å². The number of nitrogens with zero attached hydrogens (tertiary/aromatic N) is 1. The van der Waals surface area contributed by atoms with Gasteiger partial charge in [0.1, 0.15) is 9.88 Å². The Morgan fingerprint density at radius 2 is 2.10 bits per heavy atom. The summed E-state index contributed by atoms with van der Waals surface area (Å²) >= 11 is 2.66. The molecule has 2 atom stereocenters. The van der Waals surface area contributed by atoms with Crippen LogP contribution in [0.1, 0.15) is 51.7 Å². The number of thiazole rings is 1. The fraction of sp³-hybridized carbons (Fsp3) is 0.357. The number of carboxylic acid groups (broad SMARTS) is 1. The van der Waals surface area contributed by atoms with Gasteiger partial charge in [-0.15, -0.1) is 11.3 Å². The lowest BCUT2D eigenvalue weighted by Crippen LogP contribution is -2.30. The number of rotatable bonds is 5. The highest BCUT2D eigenvalue weighted by atomic mass is 32.1. The summed E-state index contributed by atoms with van der Waals surface area (Å²) in [6.45, 7) is 5.31. The minimum atomic E-state index is -0.985. The van der Waals surface area contributed by atoms with E-state index in [1.165, 1.54) is 0 Å². The fourth-order valence-corrected chi connectivity index (χ4v) is 3.54. The fourth-order valence-electron chi connectivity index (χ4n) is 1.87. The van der Waals surface area contributed by atoms with Crippen LogP contribution in [0.5, 0.6) is 0 Å². The quantitative estimate of drug-likeness (QED) is 0.885. The number of hydrogen-bond donors (Lipinski definition) is 2. The van der Waals surface area contributed by atoms with E-state index in [9.17, 15) is 9.59 Å². The molecule has 0 aliphatic carbocycles. The van der Waals surface area contributed by atoms with Gasteiger partial charge in [-0.1, -0.05) is 0 Å². The van der Waals surface area contributed by atoms with Crippen LogP contribution in [0.25, 0.3) is 0 Å². The highest BCUT2D eigenvalue weighted by Crippen LogP contribution is 2.25. The molecule has 112 valence electrons. The first-order valence-electron chi connectivity index (χ1n) is 6.43. The van der Waals surface area contributed by atoms with Crippen molar-refractivity contribution in [2.45, 2.75) is 32.7 Å². The number of aryl methyl sites for hydroxylation is 1. The Hall–Kier alpha value is -1.73. The van der Waals surface area contributed by atoms with Crippen molar-refractivity contribution in [3.05, 3.63) is 38.0 Å². The Kier molecular flexibility index (Phi) is 4.74. The number of carbonyl (C=O) groups excluding carboxylic acids is 1. The Morgan fingerprint density at radius 1 is 1.38 bits per heavy atom. The molecule has 2 heterocycles. The smallest absolute Gasteiger partial charge is 0.347 e. The first-order chi connectivity index (χ1) is 9.90. The van der Waals surface area contributed by atoms with E-state index in [4.69, 9.17) is 5.11 Å². The van der Waals surface area contributed by atoms with Crippen LogP contribution in [0.15, 0.2) is 16.8 Å². The van der Waals surface area contributed by atoms with Crippen LogP contribution in [-0.4, -0.2) is 22.0 Å². The van der Waals surface area contributed by atoms with Crippen LogP contribution in [-0.2, 0) is 4.79 Å². The summed E-state index contributed by atoms with van der Waals surface area (Å²) in [7, 11) is 0. The molecule has 0 fully saturated rings. The van der Waals surface area contributed by atoms with Gasteiger partial charge in [0.2, 0.25) is 5.91 Å². The zero-order valence-corrected chi connectivity index (χ0v) is 13.5. The molecular weight excluding hydrogens is 308 g/mol. The molecule has 0 aromatic carbocycles. The van der Waals surface area contributed by atoms with Gasteiger partial charge in [-0.2, -0.15) is 11.3 Å². The molecule has 0 radical (unpaired) electrons. The molecule has 2 unspecified atom stereocenters. The first kappa shape index (κ1) is 15.7. The van der Waals surface area contributed by atoms with Gasteiger partial charge in [0.15, 0.2) is 0 Å². The molecule has 0 saturated heterocycles. The summed E-state index contributed by atoms with van der Waals surface area (Å²) in [5.74, 6) is -1.31. The van der Waals surface area contributed by atoms with Crippen molar-refractivity contribution in [2.24, 2.45) is 0 Å². The summed E-state index contributed by atoms with van der Waals surface area (Å²) in [6, 6.07) is 1.62. The largest absolute Gasteiger partial charge is 0.477 e. The lowest BCUT2D eigenvalue weighted by atomic mass is 10.0. The molecule has 2 aromatic rings. The minimum absolute atomic E-state index is 0.0920. The number of thiophene rings is 1. The molecular formula is C14H16N2O3S2. The van der Waals surface area contributed by atoms with E-state index in [0.29, 0.717) is 10.7 Å². The molecule has 21 heavy (non-hydrogen) atoms. The van der Waals surface area contributed by atoms with Crippen molar-refractivity contribution < 1.29 is 14.7 Å². The number of carboxylic acids is 1. The van der Waals surface area contributed by atoms with Gasteiger partial charge in [-0.25, -0.2) is 9.78 Å². The molecule has 2 N–H and O–H groups in total. The van der Waals surface area contributed by atoms with E-state index in [2.05, 4.69) is 10.3 Å². The molecule has 0 bridgehead atoms. The molecule has 2 aromatic heterocycles. The molecule has 0 spiro atoms. The van der Waals surface area contributed by atoms with Crippen LogP contribution >= 0.6 is 22.7 Å². The van der Waals surface area contributed by atoms with E-state index in [-0.39, 0.29) is 22.7 Å². The van der Waals surface area contributed by atoms with Crippen molar-refractivity contribution in [1.29, 1.82) is 0 Å². The Morgan fingerprint density at radius 3 is 2.62 bits per heavy atom. The number of aromatic carboxylic acids is 1. The van der Waals surface area contributed by atoms with Crippen molar-refractivity contribution in [2.75, 3.05) is 0 Å². The third-order valence-electron chi connectivity index (χ3n) is 3.17. The number of carbonyl (C=O) groups is 2. The molecule has 0 aliphatic heterocycles. The number of hydrogen-bond acceptors (Lipinski definition) is 5. The second-order valence-corrected chi connectivity index (χ2v) is 6.59. The van der Waals surface area contributed by atoms with E-state index < -0.39 is 5.97 Å². The zero-order valence-electron chi connectivity index (χ0n) is 11.9. The monoisotopic (exact) mass is 324 g/mol. The maximum Gasteiger partial charge on any atom is 0.347 e. The third kappa shape index (κ3) is 3.48. The first-order valence-corrected chi connectivity index (χ1v) is 8.19. The Balaban J connectivity index is 2.07. The second-order valence-electron chi connectivity index (χ2n) is 4.78. The van der Waals surface area contributed by atoms with Crippen molar-refractivity contribution in [1.82, 2.24) is 10.3 Å². The summed E-state index contributed by atoms with van der Waals surface area (Å²) in [4.78, 5) is 27.7. The van der Waals surface area contributed by atoms with Gasteiger partial charge < -0.3 is 10.4 Å². The normalized spacial score (nSPS) is 13.7. The summed E-state index contributed by atoms with van der Waals surface area (Å²) in [5, 5.41) is 16.4. The minimum Gasteiger partial charge on any atom is -0.477 e. The Bertz CT molecular complexity index is 649. The van der Waals surface area contributed by atoms with Crippen molar-refractivity contribution in [3.8, 4) is 0 Å². The maximum atomic E-state index is 12.2. The average Bonchev–Trinajstić information content (AvgIpc) is 3.06. The number of aromatic nitrogens is 1. The predicted molar refractivity (Wildman–Crippen MR) is 83.1 cm³/mol. The molecule has 2 rings (SSSR count). The highest BCUT2D eigenvalue weighted by Gasteiger charge is 2.22. The lowest BCUT2D eigenvalue weighted by Gasteiger charge is -2.15. The SMILES string of the molecule is Cc1nc(C(C)NC(=O)C(C)c2ccsc2)sc1C(=O)O. The van der Waals surface area contributed by atoms with Crippen molar-refractivity contribution >= 4 is 34.6 Å². The predicted octanol–water partition coefficient (Wildman–Crippen LogP) is 3.19. The number of nitrogens with one attached hydrogen (secondary N) is 1. The molecule has 7 heteroatoms.